The third-order valence-electron chi connectivity index (χ3n) is 2.01. The van der Waals surface area contributed by atoms with Crippen molar-refractivity contribution in [1.82, 2.24) is 4.98 Å². The number of aromatic nitrogens is 1. The van der Waals surface area contributed by atoms with Crippen LogP contribution in [0.4, 0.5) is 5.82 Å². The van der Waals surface area contributed by atoms with Gasteiger partial charge in [-0.25, -0.2) is 9.78 Å². The zero-order valence-corrected chi connectivity index (χ0v) is 12.1. The molecule has 0 spiro atoms. The van der Waals surface area contributed by atoms with Crippen molar-refractivity contribution < 1.29 is 14.3 Å². The number of pyridine rings is 1. The lowest BCUT2D eigenvalue weighted by atomic mass is 10.2. The zero-order chi connectivity index (χ0) is 13.5. The summed E-state index contributed by atoms with van der Waals surface area (Å²) in [5.74, 6) is 0.306. The SMILES string of the molecule is CC(C)COCCOC(=O)c1cc(N)ncc1Br. The molecule has 0 atom stereocenters. The van der Waals surface area contributed by atoms with Crippen LogP contribution in [0.1, 0.15) is 24.2 Å². The highest BCUT2D eigenvalue weighted by molar-refractivity contribution is 9.10. The van der Waals surface area contributed by atoms with Gasteiger partial charge in [0.25, 0.3) is 0 Å². The fraction of sp³-hybridized carbons (Fsp3) is 0.500. The van der Waals surface area contributed by atoms with E-state index in [0.29, 0.717) is 29.2 Å². The molecule has 0 aliphatic heterocycles. The largest absolute Gasteiger partial charge is 0.460 e. The van der Waals surface area contributed by atoms with Crippen molar-refractivity contribution in [2.75, 3.05) is 25.6 Å². The molecule has 1 rings (SSSR count). The van der Waals surface area contributed by atoms with Crippen LogP contribution in [0.25, 0.3) is 0 Å². The van der Waals surface area contributed by atoms with E-state index in [0.717, 1.165) is 0 Å². The van der Waals surface area contributed by atoms with Gasteiger partial charge in [0.1, 0.15) is 12.4 Å². The highest BCUT2D eigenvalue weighted by atomic mass is 79.9. The van der Waals surface area contributed by atoms with Crippen LogP contribution in [0.2, 0.25) is 0 Å². The minimum Gasteiger partial charge on any atom is -0.460 e. The summed E-state index contributed by atoms with van der Waals surface area (Å²) < 4.78 is 10.9. The monoisotopic (exact) mass is 316 g/mol. The topological polar surface area (TPSA) is 74.4 Å². The van der Waals surface area contributed by atoms with Gasteiger partial charge in [0.15, 0.2) is 0 Å². The van der Waals surface area contributed by atoms with Crippen LogP contribution in [-0.2, 0) is 9.47 Å². The van der Waals surface area contributed by atoms with E-state index in [9.17, 15) is 4.79 Å². The van der Waals surface area contributed by atoms with E-state index in [1.165, 1.54) is 12.3 Å². The molecule has 0 aliphatic rings. The summed E-state index contributed by atoms with van der Waals surface area (Å²) in [6, 6.07) is 1.47. The highest BCUT2D eigenvalue weighted by Crippen LogP contribution is 2.18. The van der Waals surface area contributed by atoms with Gasteiger partial charge in [-0.1, -0.05) is 13.8 Å². The molecule has 2 N–H and O–H groups in total. The number of rotatable bonds is 6. The van der Waals surface area contributed by atoms with Crippen LogP contribution in [0, 0.1) is 5.92 Å². The molecule has 0 bridgehead atoms. The maximum Gasteiger partial charge on any atom is 0.339 e. The predicted molar refractivity (Wildman–Crippen MR) is 72.3 cm³/mol. The summed E-state index contributed by atoms with van der Waals surface area (Å²) in [5.41, 5.74) is 5.88. The highest BCUT2D eigenvalue weighted by Gasteiger charge is 2.12. The molecule has 6 heteroatoms. The summed E-state index contributed by atoms with van der Waals surface area (Å²) in [5, 5.41) is 0. The van der Waals surface area contributed by atoms with Gasteiger partial charge in [-0.15, -0.1) is 0 Å². The number of nitrogens with zero attached hydrogens (tertiary/aromatic N) is 1. The van der Waals surface area contributed by atoms with Crippen LogP contribution >= 0.6 is 15.9 Å². The van der Waals surface area contributed by atoms with Crippen LogP contribution in [0.3, 0.4) is 0 Å². The Kier molecular flexibility index (Phi) is 6.07. The number of esters is 1. The van der Waals surface area contributed by atoms with Crippen LogP contribution in [0.15, 0.2) is 16.7 Å². The average molecular weight is 317 g/mol. The Bertz CT molecular complexity index is 410. The molecule has 1 heterocycles. The number of carbonyl (C=O) groups excluding carboxylic acids is 1. The predicted octanol–water partition coefficient (Wildman–Crippen LogP) is 2.26. The normalized spacial score (nSPS) is 10.7. The molecule has 100 valence electrons. The summed E-state index contributed by atoms with van der Waals surface area (Å²) in [6.45, 7) is 5.39. The van der Waals surface area contributed by atoms with E-state index >= 15 is 0 Å². The van der Waals surface area contributed by atoms with Gasteiger partial charge >= 0.3 is 5.97 Å². The standard InChI is InChI=1S/C12H17BrN2O3/c1-8(2)7-17-3-4-18-12(16)9-5-11(14)15-6-10(9)13/h5-6,8H,3-4,7H2,1-2H3,(H2,14,15). The maximum absolute atomic E-state index is 11.7. The van der Waals surface area contributed by atoms with Crippen molar-refractivity contribution >= 4 is 27.7 Å². The van der Waals surface area contributed by atoms with Crippen molar-refractivity contribution in [2.24, 2.45) is 5.92 Å². The summed E-state index contributed by atoms with van der Waals surface area (Å²) >= 11 is 3.22. The van der Waals surface area contributed by atoms with Gasteiger partial charge in [-0.05, 0) is 27.9 Å². The summed E-state index contributed by atoms with van der Waals surface area (Å²) in [6.07, 6.45) is 1.47. The van der Waals surface area contributed by atoms with Gasteiger partial charge in [0.05, 0.1) is 16.6 Å². The van der Waals surface area contributed by atoms with Crippen LogP contribution in [-0.4, -0.2) is 30.8 Å². The number of nitrogens with two attached hydrogens (primary N) is 1. The Morgan fingerprint density at radius 1 is 1.50 bits per heavy atom. The minimum atomic E-state index is -0.441. The maximum atomic E-state index is 11.7. The van der Waals surface area contributed by atoms with E-state index in [1.807, 2.05) is 0 Å². The molecule has 5 nitrogen and oxygen atoms in total. The molecule has 0 radical (unpaired) electrons. The van der Waals surface area contributed by atoms with E-state index in [4.69, 9.17) is 15.2 Å². The van der Waals surface area contributed by atoms with Crippen molar-refractivity contribution in [3.63, 3.8) is 0 Å². The first-order valence-corrected chi connectivity index (χ1v) is 6.46. The second-order valence-electron chi connectivity index (χ2n) is 4.19. The van der Waals surface area contributed by atoms with Gasteiger partial charge in [-0.2, -0.15) is 0 Å². The number of halogens is 1. The smallest absolute Gasteiger partial charge is 0.339 e. The Morgan fingerprint density at radius 3 is 2.89 bits per heavy atom. The van der Waals surface area contributed by atoms with E-state index in [1.54, 1.807) is 0 Å². The van der Waals surface area contributed by atoms with Crippen molar-refractivity contribution in [1.29, 1.82) is 0 Å². The second-order valence-corrected chi connectivity index (χ2v) is 5.05. The number of anilines is 1. The Balaban J connectivity index is 2.39. The van der Waals surface area contributed by atoms with Crippen LogP contribution in [0.5, 0.6) is 0 Å². The lowest BCUT2D eigenvalue weighted by molar-refractivity contribution is 0.0277. The molecule has 0 aliphatic carbocycles. The Labute approximate surface area is 115 Å². The number of nitrogen functional groups attached to an aromatic ring is 1. The van der Waals surface area contributed by atoms with Crippen molar-refractivity contribution in [3.05, 3.63) is 22.3 Å². The number of carbonyl (C=O) groups is 1. The van der Waals surface area contributed by atoms with E-state index in [-0.39, 0.29) is 12.4 Å². The Morgan fingerprint density at radius 2 is 2.22 bits per heavy atom. The van der Waals surface area contributed by atoms with E-state index < -0.39 is 5.97 Å². The van der Waals surface area contributed by atoms with Gasteiger partial charge in [0.2, 0.25) is 0 Å². The second kappa shape index (κ2) is 7.33. The molecule has 0 saturated heterocycles. The molecule has 0 saturated carbocycles. The number of hydrogen-bond donors (Lipinski definition) is 1. The summed E-state index contributed by atoms with van der Waals surface area (Å²) in [7, 11) is 0. The van der Waals surface area contributed by atoms with Crippen LogP contribution < -0.4 is 5.73 Å². The molecule has 0 unspecified atom stereocenters. The molecule has 0 fully saturated rings. The molecule has 0 aromatic carbocycles. The zero-order valence-electron chi connectivity index (χ0n) is 10.5. The number of ether oxygens (including phenoxy) is 2. The first kappa shape index (κ1) is 14.9. The number of hydrogen-bond acceptors (Lipinski definition) is 5. The molecular weight excluding hydrogens is 300 g/mol. The van der Waals surface area contributed by atoms with Crippen molar-refractivity contribution in [3.8, 4) is 0 Å². The molecule has 1 aromatic rings. The third-order valence-corrected chi connectivity index (χ3v) is 2.64. The Hall–Kier alpha value is -1.14. The third kappa shape index (κ3) is 5.01. The average Bonchev–Trinajstić information content (AvgIpc) is 2.31. The first-order valence-electron chi connectivity index (χ1n) is 5.66. The van der Waals surface area contributed by atoms with Gasteiger partial charge < -0.3 is 15.2 Å². The van der Waals surface area contributed by atoms with E-state index in [2.05, 4.69) is 34.8 Å². The fourth-order valence-corrected chi connectivity index (χ4v) is 1.58. The summed E-state index contributed by atoms with van der Waals surface area (Å²) in [4.78, 5) is 15.6. The lowest BCUT2D eigenvalue weighted by Crippen LogP contribution is -2.13. The molecular formula is C12H17BrN2O3. The lowest BCUT2D eigenvalue weighted by Gasteiger charge is -2.08. The minimum absolute atomic E-state index is 0.222. The first-order chi connectivity index (χ1) is 8.50. The fourth-order valence-electron chi connectivity index (χ4n) is 1.20. The molecule has 18 heavy (non-hydrogen) atoms. The van der Waals surface area contributed by atoms with Crippen molar-refractivity contribution in [2.45, 2.75) is 13.8 Å². The molecule has 0 amide bonds. The molecule has 1 aromatic heterocycles. The van der Waals surface area contributed by atoms with Gasteiger partial charge in [-0.3, -0.25) is 0 Å². The quantitative estimate of drug-likeness (QED) is 0.643. The van der Waals surface area contributed by atoms with Gasteiger partial charge in [0, 0.05) is 12.8 Å².